The first-order chi connectivity index (χ1) is 14.9. The molecule has 0 unspecified atom stereocenters. The van der Waals surface area contributed by atoms with Crippen LogP contribution < -0.4 is 10.5 Å². The number of rotatable bonds is 7. The predicted molar refractivity (Wildman–Crippen MR) is 117 cm³/mol. The number of carbonyl (C=O) groups is 1. The first-order valence-electron chi connectivity index (χ1n) is 10.4. The van der Waals surface area contributed by atoms with Gasteiger partial charge < -0.3 is 20.1 Å². The van der Waals surface area contributed by atoms with Gasteiger partial charge in [-0.15, -0.1) is 0 Å². The van der Waals surface area contributed by atoms with Crippen molar-refractivity contribution in [2.45, 2.75) is 39.3 Å². The molecule has 162 valence electrons. The smallest absolute Gasteiger partial charge is 0.304 e. The van der Waals surface area contributed by atoms with Crippen LogP contribution in [0.5, 0.6) is 5.75 Å². The lowest BCUT2D eigenvalue weighted by atomic mass is 9.94. The third-order valence-corrected chi connectivity index (χ3v) is 5.27. The predicted octanol–water partition coefficient (Wildman–Crippen LogP) is 3.61. The Kier molecular flexibility index (Phi) is 5.90. The molecule has 0 aliphatic carbocycles. The lowest BCUT2D eigenvalue weighted by Crippen LogP contribution is -2.32. The molecule has 4 rings (SSSR count). The highest BCUT2D eigenvalue weighted by Gasteiger charge is 2.22. The molecule has 2 heterocycles. The number of nitrogens with two attached hydrogens (primary N) is 1. The molecule has 0 fully saturated rings. The van der Waals surface area contributed by atoms with Crippen molar-refractivity contribution in [3.63, 3.8) is 0 Å². The van der Waals surface area contributed by atoms with Gasteiger partial charge in [0.1, 0.15) is 5.75 Å². The molecule has 0 bridgehead atoms. The molecule has 8 nitrogen and oxygen atoms in total. The first kappa shape index (κ1) is 20.9. The van der Waals surface area contributed by atoms with Crippen LogP contribution in [0.4, 0.5) is 5.69 Å². The van der Waals surface area contributed by atoms with Crippen molar-refractivity contribution in [1.82, 2.24) is 15.0 Å². The maximum atomic E-state index is 10.9. The minimum atomic E-state index is -0.775. The number of hydrogen-bond donors (Lipinski definition) is 2. The minimum absolute atomic E-state index is 0.0347. The van der Waals surface area contributed by atoms with Crippen molar-refractivity contribution in [1.29, 1.82) is 0 Å². The second-order valence-electron chi connectivity index (χ2n) is 7.96. The fourth-order valence-electron chi connectivity index (χ4n) is 3.81. The lowest BCUT2D eigenvalue weighted by Gasteiger charge is -2.29. The number of benzene rings is 2. The number of aliphatic carboxylic acids is 1. The SMILES string of the molecule is CC(C)Oc1ccc(-c2nc(-c3cccc4c3CCN(CCC(=O)O)C4)no2)cc1N. The third kappa shape index (κ3) is 4.69. The summed E-state index contributed by atoms with van der Waals surface area (Å²) >= 11 is 0. The van der Waals surface area contributed by atoms with Crippen LogP contribution in [0, 0.1) is 0 Å². The molecule has 0 radical (unpaired) electrons. The van der Waals surface area contributed by atoms with Gasteiger partial charge in [0.05, 0.1) is 18.2 Å². The van der Waals surface area contributed by atoms with Crippen LogP contribution >= 0.6 is 0 Å². The van der Waals surface area contributed by atoms with E-state index < -0.39 is 5.97 Å². The van der Waals surface area contributed by atoms with Crippen LogP contribution in [0.25, 0.3) is 22.8 Å². The number of carboxylic acids is 1. The molecule has 31 heavy (non-hydrogen) atoms. The van der Waals surface area contributed by atoms with E-state index in [0.717, 1.165) is 30.6 Å². The molecular formula is C23H26N4O4. The Morgan fingerprint density at radius 2 is 2.16 bits per heavy atom. The van der Waals surface area contributed by atoms with Gasteiger partial charge in [0.25, 0.3) is 5.89 Å². The standard InChI is InChI=1S/C23H26N4O4/c1-14(2)30-20-7-6-15(12-19(20)24)23-25-22(26-31-23)18-5-3-4-16-13-27(10-8-17(16)18)11-9-21(28)29/h3-7,12,14H,8-11,13,24H2,1-2H3,(H,28,29). The summed E-state index contributed by atoms with van der Waals surface area (Å²) in [7, 11) is 0. The topological polar surface area (TPSA) is 115 Å². The maximum Gasteiger partial charge on any atom is 0.304 e. The fourth-order valence-corrected chi connectivity index (χ4v) is 3.81. The summed E-state index contributed by atoms with van der Waals surface area (Å²) in [5.74, 6) is 0.785. The summed E-state index contributed by atoms with van der Waals surface area (Å²) in [6, 6.07) is 11.5. The lowest BCUT2D eigenvalue weighted by molar-refractivity contribution is -0.137. The van der Waals surface area contributed by atoms with Gasteiger partial charge in [0, 0.05) is 30.8 Å². The van der Waals surface area contributed by atoms with Crippen LogP contribution in [-0.2, 0) is 17.8 Å². The zero-order valence-corrected chi connectivity index (χ0v) is 17.7. The van der Waals surface area contributed by atoms with Crippen LogP contribution in [-0.4, -0.2) is 45.3 Å². The molecule has 3 aromatic rings. The third-order valence-electron chi connectivity index (χ3n) is 5.27. The highest BCUT2D eigenvalue weighted by molar-refractivity contribution is 5.69. The van der Waals surface area contributed by atoms with E-state index in [1.807, 2.05) is 38.1 Å². The van der Waals surface area contributed by atoms with Gasteiger partial charge in [0.15, 0.2) is 0 Å². The Morgan fingerprint density at radius 1 is 1.32 bits per heavy atom. The van der Waals surface area contributed by atoms with Crippen molar-refractivity contribution < 1.29 is 19.2 Å². The molecule has 8 heteroatoms. The largest absolute Gasteiger partial charge is 0.489 e. The number of ether oxygens (including phenoxy) is 1. The number of aromatic nitrogens is 2. The van der Waals surface area contributed by atoms with Crippen molar-refractivity contribution >= 4 is 11.7 Å². The second-order valence-corrected chi connectivity index (χ2v) is 7.96. The van der Waals surface area contributed by atoms with E-state index in [0.29, 0.717) is 29.7 Å². The average molecular weight is 422 g/mol. The van der Waals surface area contributed by atoms with Crippen molar-refractivity contribution in [3.8, 4) is 28.6 Å². The van der Waals surface area contributed by atoms with Gasteiger partial charge in [-0.1, -0.05) is 23.4 Å². The number of carboxylic acid groups (broad SMARTS) is 1. The Labute approximate surface area is 180 Å². The van der Waals surface area contributed by atoms with E-state index in [9.17, 15) is 4.79 Å². The van der Waals surface area contributed by atoms with Crippen molar-refractivity contribution in [3.05, 3.63) is 47.5 Å². The molecule has 1 aliphatic rings. The van der Waals surface area contributed by atoms with Gasteiger partial charge in [0.2, 0.25) is 5.82 Å². The number of anilines is 1. The van der Waals surface area contributed by atoms with Crippen LogP contribution in [0.1, 0.15) is 31.4 Å². The molecule has 0 saturated carbocycles. The number of fused-ring (bicyclic) bond motifs is 1. The molecule has 0 atom stereocenters. The van der Waals surface area contributed by atoms with E-state index in [1.165, 1.54) is 11.1 Å². The summed E-state index contributed by atoms with van der Waals surface area (Å²) in [5, 5.41) is 13.1. The molecule has 2 aromatic carbocycles. The van der Waals surface area contributed by atoms with E-state index in [-0.39, 0.29) is 12.5 Å². The second kappa shape index (κ2) is 8.77. The molecule has 1 aromatic heterocycles. The summed E-state index contributed by atoms with van der Waals surface area (Å²) < 4.78 is 11.2. The fraction of sp³-hybridized carbons (Fsp3) is 0.348. The van der Waals surface area contributed by atoms with Crippen LogP contribution in [0.2, 0.25) is 0 Å². The highest BCUT2D eigenvalue weighted by Crippen LogP contribution is 2.32. The Morgan fingerprint density at radius 3 is 2.90 bits per heavy atom. The number of nitrogens with zero attached hydrogens (tertiary/aromatic N) is 3. The van der Waals surface area contributed by atoms with Gasteiger partial charge in [-0.2, -0.15) is 4.98 Å². The van der Waals surface area contributed by atoms with Crippen molar-refractivity contribution in [2.75, 3.05) is 18.8 Å². The molecule has 3 N–H and O–H groups in total. The molecule has 0 amide bonds. The molecule has 0 saturated heterocycles. The average Bonchev–Trinajstić information content (AvgIpc) is 3.23. The summed E-state index contributed by atoms with van der Waals surface area (Å²) in [4.78, 5) is 17.6. The monoisotopic (exact) mass is 422 g/mol. The van der Waals surface area contributed by atoms with Gasteiger partial charge in [-0.3, -0.25) is 9.69 Å². The van der Waals surface area contributed by atoms with Gasteiger partial charge >= 0.3 is 5.97 Å². The summed E-state index contributed by atoms with van der Waals surface area (Å²) in [6.07, 6.45) is 0.990. The summed E-state index contributed by atoms with van der Waals surface area (Å²) in [5.41, 5.74) is 10.7. The van der Waals surface area contributed by atoms with E-state index >= 15 is 0 Å². The Hall–Kier alpha value is -3.39. The van der Waals surface area contributed by atoms with E-state index in [2.05, 4.69) is 21.1 Å². The molecule has 1 aliphatic heterocycles. The molecule has 0 spiro atoms. The zero-order chi connectivity index (χ0) is 22.0. The quantitative estimate of drug-likeness (QED) is 0.555. The van der Waals surface area contributed by atoms with Gasteiger partial charge in [-0.05, 0) is 49.6 Å². The Bertz CT molecular complexity index is 1090. The van der Waals surface area contributed by atoms with Gasteiger partial charge in [-0.25, -0.2) is 0 Å². The highest BCUT2D eigenvalue weighted by atomic mass is 16.5. The van der Waals surface area contributed by atoms with E-state index in [1.54, 1.807) is 6.07 Å². The normalized spacial score (nSPS) is 13.9. The maximum absolute atomic E-state index is 10.9. The number of hydrogen-bond acceptors (Lipinski definition) is 7. The number of nitrogen functional groups attached to an aromatic ring is 1. The van der Waals surface area contributed by atoms with Crippen LogP contribution in [0.3, 0.4) is 0 Å². The zero-order valence-electron chi connectivity index (χ0n) is 17.7. The van der Waals surface area contributed by atoms with Crippen LogP contribution in [0.15, 0.2) is 40.9 Å². The summed E-state index contributed by atoms with van der Waals surface area (Å²) in [6.45, 7) is 5.96. The Balaban J connectivity index is 1.56. The van der Waals surface area contributed by atoms with E-state index in [4.69, 9.17) is 20.1 Å². The first-order valence-corrected chi connectivity index (χ1v) is 10.4. The van der Waals surface area contributed by atoms with Crippen molar-refractivity contribution in [2.24, 2.45) is 0 Å². The molecular weight excluding hydrogens is 396 g/mol. The minimum Gasteiger partial charge on any atom is -0.489 e.